The molecule has 0 aromatic heterocycles. The van der Waals surface area contributed by atoms with Crippen LogP contribution in [0.5, 0.6) is 0 Å². The van der Waals surface area contributed by atoms with Crippen LogP contribution in [0.15, 0.2) is 0 Å². The fourth-order valence-corrected chi connectivity index (χ4v) is 6.28. The molecule has 0 bridgehead atoms. The Morgan fingerprint density at radius 3 is 1.32 bits per heavy atom. The molecular weight excluding hydrogens is 318 g/mol. The van der Waals surface area contributed by atoms with Crippen LogP contribution in [0.2, 0.25) is 0 Å². The van der Waals surface area contributed by atoms with Gasteiger partial charge in [0.15, 0.2) is 23.3 Å². The van der Waals surface area contributed by atoms with Crippen LogP contribution in [0.3, 0.4) is 0 Å². The molecule has 126 valence electrons. The van der Waals surface area contributed by atoms with Crippen LogP contribution in [0.4, 0.5) is 22.0 Å². The van der Waals surface area contributed by atoms with Gasteiger partial charge in [-0.25, -0.2) is 22.0 Å². The molecule has 0 aliphatic rings. The smallest absolute Gasteiger partial charge is 0.200 e. The van der Waals surface area contributed by atoms with E-state index >= 15 is 0 Å². The molecular formula is C16H22F5P. The molecule has 0 aliphatic heterocycles. The average Bonchev–Trinajstić information content (AvgIpc) is 2.47. The zero-order valence-electron chi connectivity index (χ0n) is 13.3. The number of benzene rings is 1. The highest BCUT2D eigenvalue weighted by Gasteiger charge is 2.34. The van der Waals surface area contributed by atoms with E-state index in [2.05, 4.69) is 0 Å². The molecule has 0 aliphatic carbocycles. The van der Waals surface area contributed by atoms with Crippen LogP contribution in [-0.2, 0) is 0 Å². The van der Waals surface area contributed by atoms with Crippen molar-refractivity contribution in [1.82, 2.24) is 0 Å². The van der Waals surface area contributed by atoms with Gasteiger partial charge in [-0.2, -0.15) is 0 Å². The van der Waals surface area contributed by atoms with E-state index in [1.54, 1.807) is 0 Å². The minimum absolute atomic E-state index is 0.102. The van der Waals surface area contributed by atoms with Crippen molar-refractivity contribution in [2.24, 2.45) is 0 Å². The van der Waals surface area contributed by atoms with Gasteiger partial charge < -0.3 is 0 Å². The molecule has 2 unspecified atom stereocenters. The van der Waals surface area contributed by atoms with Gasteiger partial charge in [0.25, 0.3) is 0 Å². The summed E-state index contributed by atoms with van der Waals surface area (Å²) in [4.78, 5) is 0. The van der Waals surface area contributed by atoms with E-state index in [1.165, 1.54) is 0 Å². The first kappa shape index (κ1) is 19.3. The van der Waals surface area contributed by atoms with Crippen molar-refractivity contribution < 1.29 is 22.0 Å². The Balaban J connectivity index is 3.48. The predicted octanol–water partition coefficient (Wildman–Crippen LogP) is 5.87. The monoisotopic (exact) mass is 340 g/mol. The van der Waals surface area contributed by atoms with E-state index in [4.69, 9.17) is 0 Å². The van der Waals surface area contributed by atoms with Crippen molar-refractivity contribution in [1.29, 1.82) is 0 Å². The van der Waals surface area contributed by atoms with Gasteiger partial charge in [-0.05, 0) is 24.2 Å². The molecule has 1 rings (SSSR count). The molecule has 0 saturated carbocycles. The molecule has 2 atom stereocenters. The van der Waals surface area contributed by atoms with Crippen LogP contribution in [0, 0.1) is 29.1 Å². The van der Waals surface area contributed by atoms with Crippen molar-refractivity contribution in [2.45, 2.75) is 64.7 Å². The van der Waals surface area contributed by atoms with Gasteiger partial charge in [-0.1, -0.05) is 48.5 Å². The summed E-state index contributed by atoms with van der Waals surface area (Å²) in [6, 6.07) is 0. The van der Waals surface area contributed by atoms with Crippen molar-refractivity contribution in [3.8, 4) is 0 Å². The summed E-state index contributed by atoms with van der Waals surface area (Å²) < 4.78 is 68.6. The minimum Gasteiger partial charge on any atom is -0.203 e. The fourth-order valence-electron chi connectivity index (χ4n) is 2.81. The second-order valence-electron chi connectivity index (χ2n) is 5.60. The summed E-state index contributed by atoms with van der Waals surface area (Å²) in [6.07, 6.45) is 2.99. The quantitative estimate of drug-likeness (QED) is 0.252. The Labute approximate surface area is 129 Å². The second-order valence-corrected chi connectivity index (χ2v) is 8.63. The SMILES string of the molecule is CCCC(C)P(c1c(F)c(F)c(F)c(F)c1F)C(C)CCC. The van der Waals surface area contributed by atoms with E-state index in [-0.39, 0.29) is 11.3 Å². The molecule has 0 heterocycles. The predicted molar refractivity (Wildman–Crippen MR) is 81.5 cm³/mol. The Kier molecular flexibility index (Phi) is 7.24. The Morgan fingerprint density at radius 1 is 0.682 bits per heavy atom. The van der Waals surface area contributed by atoms with Gasteiger partial charge in [0.2, 0.25) is 5.82 Å². The van der Waals surface area contributed by atoms with Gasteiger partial charge in [0, 0.05) is 0 Å². The van der Waals surface area contributed by atoms with Gasteiger partial charge >= 0.3 is 0 Å². The third-order valence-electron chi connectivity index (χ3n) is 3.81. The molecule has 6 heteroatoms. The first-order chi connectivity index (χ1) is 10.3. The van der Waals surface area contributed by atoms with Crippen LogP contribution >= 0.6 is 7.92 Å². The van der Waals surface area contributed by atoms with E-state index in [9.17, 15) is 22.0 Å². The Morgan fingerprint density at radius 2 is 1.00 bits per heavy atom. The van der Waals surface area contributed by atoms with Crippen molar-refractivity contribution in [3.63, 3.8) is 0 Å². The first-order valence-electron chi connectivity index (χ1n) is 7.57. The van der Waals surface area contributed by atoms with Crippen molar-refractivity contribution in [3.05, 3.63) is 29.1 Å². The lowest BCUT2D eigenvalue weighted by molar-refractivity contribution is 0.384. The third-order valence-corrected chi connectivity index (χ3v) is 7.13. The summed E-state index contributed by atoms with van der Waals surface area (Å²) in [5.41, 5.74) is -0.204. The lowest BCUT2D eigenvalue weighted by Gasteiger charge is -2.31. The Hall–Kier alpha value is -0.700. The Bertz CT molecular complexity index is 477. The molecule has 0 nitrogen and oxygen atoms in total. The molecule has 0 spiro atoms. The van der Waals surface area contributed by atoms with Gasteiger partial charge in [-0.3, -0.25) is 0 Å². The van der Waals surface area contributed by atoms with Crippen molar-refractivity contribution >= 4 is 13.2 Å². The maximum atomic E-state index is 14.1. The summed E-state index contributed by atoms with van der Waals surface area (Å²) in [6.45, 7) is 7.54. The zero-order valence-corrected chi connectivity index (χ0v) is 14.2. The number of hydrogen-bond acceptors (Lipinski definition) is 0. The van der Waals surface area contributed by atoms with E-state index < -0.39 is 42.3 Å². The normalized spacial score (nSPS) is 15.7. The van der Waals surface area contributed by atoms with E-state index in [0.29, 0.717) is 12.8 Å². The molecule has 0 amide bonds. The standard InChI is InChI=1S/C16H22F5P/c1-5-7-9(3)22(10(4)8-6-2)16-14(20)12(18)11(17)13(19)15(16)21/h9-10H,5-8H2,1-4H3. The highest BCUT2D eigenvalue weighted by Crippen LogP contribution is 2.50. The molecule has 1 aromatic carbocycles. The largest absolute Gasteiger partial charge is 0.203 e. The van der Waals surface area contributed by atoms with Gasteiger partial charge in [0.1, 0.15) is 0 Å². The summed E-state index contributed by atoms with van der Waals surface area (Å²) in [5.74, 6) is -9.08. The molecule has 1 aromatic rings. The maximum Gasteiger partial charge on any atom is 0.200 e. The van der Waals surface area contributed by atoms with Gasteiger partial charge in [-0.15, -0.1) is 0 Å². The molecule has 22 heavy (non-hydrogen) atoms. The maximum absolute atomic E-state index is 14.1. The van der Waals surface area contributed by atoms with Crippen molar-refractivity contribution in [2.75, 3.05) is 0 Å². The summed E-state index contributed by atoms with van der Waals surface area (Å²) in [7, 11) is -1.47. The topological polar surface area (TPSA) is 0 Å². The van der Waals surface area contributed by atoms with Crippen LogP contribution in [0.25, 0.3) is 0 Å². The minimum atomic E-state index is -2.08. The lowest BCUT2D eigenvalue weighted by atomic mass is 10.2. The van der Waals surface area contributed by atoms with E-state index in [0.717, 1.165) is 12.8 Å². The second kappa shape index (κ2) is 8.24. The average molecular weight is 340 g/mol. The number of hydrogen-bond donors (Lipinski definition) is 0. The zero-order chi connectivity index (χ0) is 17.0. The van der Waals surface area contributed by atoms with Crippen LogP contribution in [0.1, 0.15) is 53.4 Å². The first-order valence-corrected chi connectivity index (χ1v) is 9.05. The fraction of sp³-hybridized carbons (Fsp3) is 0.625. The summed E-state index contributed by atoms with van der Waals surface area (Å²) >= 11 is 0. The molecule has 0 N–H and O–H groups in total. The molecule has 0 radical (unpaired) electrons. The van der Waals surface area contributed by atoms with E-state index in [1.807, 2.05) is 27.7 Å². The molecule has 0 saturated heterocycles. The number of rotatable bonds is 7. The molecule has 0 fully saturated rings. The summed E-state index contributed by atoms with van der Waals surface area (Å²) in [5, 5.41) is -0.590. The third kappa shape index (κ3) is 3.79. The van der Waals surface area contributed by atoms with Crippen LogP contribution in [-0.4, -0.2) is 11.3 Å². The van der Waals surface area contributed by atoms with Gasteiger partial charge in [0.05, 0.1) is 5.30 Å². The highest BCUT2D eigenvalue weighted by molar-refractivity contribution is 7.67. The lowest BCUT2D eigenvalue weighted by Crippen LogP contribution is -2.27. The number of halogens is 5. The highest BCUT2D eigenvalue weighted by atomic mass is 31.1. The van der Waals surface area contributed by atoms with Crippen LogP contribution < -0.4 is 5.30 Å².